The first kappa shape index (κ1) is 31.6. The zero-order valence-electron chi connectivity index (χ0n) is 28.1. The normalized spacial score (nSPS) is 24.1. The summed E-state index contributed by atoms with van der Waals surface area (Å²) >= 11 is 0. The molecule has 9 rings (SSSR count). The van der Waals surface area contributed by atoms with Gasteiger partial charge in [-0.2, -0.15) is 0 Å². The molecule has 8 bridgehead atoms. The molecule has 0 spiro atoms. The molecule has 5 heterocycles. The first-order valence-corrected chi connectivity index (χ1v) is 17.4. The van der Waals surface area contributed by atoms with E-state index in [1.165, 1.54) is 0 Å². The van der Waals surface area contributed by atoms with Crippen LogP contribution in [0.25, 0.3) is 16.7 Å². The fourth-order valence-electron chi connectivity index (χ4n) is 7.92. The fraction of sp³-hybridized carbons (Fsp3) is 0.114. The number of hydrogen-bond acceptors (Lipinski definition) is 6. The number of rotatable bonds is 4. The van der Waals surface area contributed by atoms with E-state index in [1.54, 1.807) is 24.3 Å². The maximum absolute atomic E-state index is 13.0. The van der Waals surface area contributed by atoms with E-state index in [2.05, 4.69) is 33.5 Å². The van der Waals surface area contributed by atoms with E-state index >= 15 is 0 Å². The van der Waals surface area contributed by atoms with E-state index in [0.29, 0.717) is 29.7 Å². The van der Waals surface area contributed by atoms with Crippen LogP contribution >= 0.6 is 0 Å². The number of aliphatic hydroxyl groups excluding tert-OH is 1. The van der Waals surface area contributed by atoms with Gasteiger partial charge in [-0.3, -0.25) is 4.99 Å². The number of fused-ring (bicyclic) bond motifs is 7. The molecule has 4 aromatic carbocycles. The van der Waals surface area contributed by atoms with Crippen LogP contribution in [0.2, 0.25) is 0 Å². The molecule has 7 N–H and O–H groups in total. The van der Waals surface area contributed by atoms with Crippen molar-refractivity contribution in [1.29, 1.82) is 0 Å². The Labute approximate surface area is 300 Å². The molecule has 3 aliphatic heterocycles. The molecule has 3 aliphatic rings. The molecular formula is C44H36N4O4. The maximum atomic E-state index is 13.0. The van der Waals surface area contributed by atoms with Crippen LogP contribution in [-0.2, 0) is 5.60 Å². The lowest BCUT2D eigenvalue weighted by atomic mass is 9.83. The van der Waals surface area contributed by atoms with Crippen LogP contribution in [-0.4, -0.2) is 42.2 Å². The summed E-state index contributed by atoms with van der Waals surface area (Å²) in [5.74, 6) is -0.937. The third-order valence-electron chi connectivity index (χ3n) is 10.3. The smallest absolute Gasteiger partial charge is 0.184 e. The highest BCUT2D eigenvalue weighted by molar-refractivity contribution is 6.04. The second-order valence-electron chi connectivity index (χ2n) is 13.4. The molecule has 0 amide bonds. The zero-order valence-corrected chi connectivity index (χ0v) is 28.1. The number of H-pyrrole nitrogens is 2. The summed E-state index contributed by atoms with van der Waals surface area (Å²) in [5.41, 5.74) is 7.67. The zero-order chi connectivity index (χ0) is 35.4. The number of aliphatic imine (C=N–C) groups is 1. The Morgan fingerprint density at radius 3 is 1.67 bits per heavy atom. The molecule has 0 saturated carbocycles. The van der Waals surface area contributed by atoms with E-state index in [4.69, 9.17) is 4.99 Å². The van der Waals surface area contributed by atoms with Crippen LogP contribution < -0.4 is 5.32 Å². The van der Waals surface area contributed by atoms with Gasteiger partial charge in [0.05, 0.1) is 17.1 Å². The van der Waals surface area contributed by atoms with Crippen LogP contribution in [0.15, 0.2) is 156 Å². The standard InChI is InChI=1S/C44H36N4O4/c49-35-25-34-37(27-15-7-2-8-16-27)32-22-21-30(45-32)36(26-13-5-1-6-14-26)31-23-24-33(46-31)38(28-17-9-3-10-18-28)39-40(50)41(51)43(48-39)44(52,42(35)47-34)29-19-11-4-12-20-29/h1-22,35,45-46,48-52H,23-25H2/b36-31-,37-34-,38-33-. The minimum atomic E-state index is -2.15. The molecule has 256 valence electrons. The van der Waals surface area contributed by atoms with Crippen molar-refractivity contribution >= 4 is 22.4 Å². The number of hydrogen-bond donors (Lipinski definition) is 7. The monoisotopic (exact) mass is 684 g/mol. The number of benzene rings is 4. The summed E-state index contributed by atoms with van der Waals surface area (Å²) in [4.78, 5) is 12.0. The van der Waals surface area contributed by atoms with Gasteiger partial charge in [-0.1, -0.05) is 121 Å². The molecule has 2 unspecified atom stereocenters. The van der Waals surface area contributed by atoms with Gasteiger partial charge in [0.1, 0.15) is 11.8 Å². The lowest BCUT2D eigenvalue weighted by Gasteiger charge is -2.30. The topological polar surface area (TPSA) is 137 Å². The maximum Gasteiger partial charge on any atom is 0.184 e. The Morgan fingerprint density at radius 2 is 1.08 bits per heavy atom. The number of aromatic nitrogens is 2. The highest BCUT2D eigenvalue weighted by atomic mass is 16.3. The highest BCUT2D eigenvalue weighted by Gasteiger charge is 2.48. The van der Waals surface area contributed by atoms with Crippen molar-refractivity contribution in [3.63, 3.8) is 0 Å². The molecule has 1 fully saturated rings. The van der Waals surface area contributed by atoms with E-state index < -0.39 is 23.2 Å². The van der Waals surface area contributed by atoms with Gasteiger partial charge in [0.2, 0.25) is 0 Å². The van der Waals surface area contributed by atoms with Crippen molar-refractivity contribution in [2.45, 2.75) is 31.0 Å². The lowest BCUT2D eigenvalue weighted by Crippen LogP contribution is -2.42. The summed E-state index contributed by atoms with van der Waals surface area (Å²) in [6.45, 7) is 0. The Hall–Kier alpha value is -6.35. The average Bonchev–Trinajstić information content (AvgIpc) is 4.00. The van der Waals surface area contributed by atoms with Gasteiger partial charge in [0.15, 0.2) is 17.1 Å². The summed E-state index contributed by atoms with van der Waals surface area (Å²) in [5, 5.41) is 52.2. The Balaban J connectivity index is 1.40. The lowest BCUT2D eigenvalue weighted by molar-refractivity contribution is 0.128. The fourth-order valence-corrected chi connectivity index (χ4v) is 7.92. The van der Waals surface area contributed by atoms with Crippen LogP contribution in [0.4, 0.5) is 0 Å². The van der Waals surface area contributed by atoms with Crippen LogP contribution in [0.3, 0.4) is 0 Å². The molecule has 1 saturated heterocycles. The van der Waals surface area contributed by atoms with Crippen molar-refractivity contribution in [3.8, 4) is 11.5 Å². The van der Waals surface area contributed by atoms with Crippen molar-refractivity contribution in [2.75, 3.05) is 0 Å². The number of aromatic amines is 2. The predicted molar refractivity (Wildman–Crippen MR) is 202 cm³/mol. The van der Waals surface area contributed by atoms with Crippen molar-refractivity contribution in [1.82, 2.24) is 15.3 Å². The molecule has 8 nitrogen and oxygen atoms in total. The van der Waals surface area contributed by atoms with Gasteiger partial charge >= 0.3 is 0 Å². The third-order valence-corrected chi connectivity index (χ3v) is 10.3. The van der Waals surface area contributed by atoms with Gasteiger partial charge < -0.3 is 35.7 Å². The van der Waals surface area contributed by atoms with Gasteiger partial charge in [0, 0.05) is 45.9 Å². The Morgan fingerprint density at radius 1 is 0.577 bits per heavy atom. The van der Waals surface area contributed by atoms with Crippen molar-refractivity contribution in [2.24, 2.45) is 4.99 Å². The Kier molecular flexibility index (Phi) is 7.57. The largest absolute Gasteiger partial charge is 0.503 e. The minimum Gasteiger partial charge on any atom is -0.503 e. The van der Waals surface area contributed by atoms with Gasteiger partial charge in [0.25, 0.3) is 0 Å². The summed E-state index contributed by atoms with van der Waals surface area (Å²) in [7, 11) is 0. The molecule has 2 atom stereocenters. The van der Waals surface area contributed by atoms with Crippen LogP contribution in [0, 0.1) is 0 Å². The molecule has 6 aromatic rings. The molecule has 2 aromatic heterocycles. The van der Waals surface area contributed by atoms with E-state index in [-0.39, 0.29) is 23.5 Å². The second-order valence-corrected chi connectivity index (χ2v) is 13.4. The van der Waals surface area contributed by atoms with Gasteiger partial charge in [-0.15, -0.1) is 0 Å². The SMILES string of the molecule is Oc1c2[nH]c(c1O)C(O)(c1ccccc1)C1=N/C(=C(/c3ccccc3)c3ccc([nH]3)/C(c3ccccc3)=C3/CC/C(=C/2c2ccccc2)N3)CC1O. The minimum absolute atomic E-state index is 0.0316. The molecule has 0 radical (unpaired) electrons. The van der Waals surface area contributed by atoms with Gasteiger partial charge in [-0.25, -0.2) is 0 Å². The van der Waals surface area contributed by atoms with Crippen molar-refractivity contribution < 1.29 is 20.4 Å². The number of aliphatic hydroxyl groups is 2. The molecule has 8 heteroatoms. The molecular weight excluding hydrogens is 649 g/mol. The number of nitrogens with zero attached hydrogens (tertiary/aromatic N) is 1. The summed E-state index contributed by atoms with van der Waals surface area (Å²) in [6, 6.07) is 42.7. The third kappa shape index (κ3) is 5.03. The number of allylic oxidation sites excluding steroid dienone is 2. The van der Waals surface area contributed by atoms with E-state index in [1.807, 2.05) is 91.0 Å². The quantitative estimate of drug-likeness (QED) is 0.103. The summed E-state index contributed by atoms with van der Waals surface area (Å²) < 4.78 is 0. The second kappa shape index (κ2) is 12.5. The molecule has 0 aliphatic carbocycles. The highest BCUT2D eigenvalue weighted by Crippen LogP contribution is 2.49. The predicted octanol–water partition coefficient (Wildman–Crippen LogP) is 7.57. The molecule has 52 heavy (non-hydrogen) atoms. The van der Waals surface area contributed by atoms with Crippen LogP contribution in [0.1, 0.15) is 64.3 Å². The van der Waals surface area contributed by atoms with Crippen LogP contribution in [0.5, 0.6) is 11.5 Å². The number of aromatic hydroxyl groups is 2. The van der Waals surface area contributed by atoms with E-state index in [0.717, 1.165) is 50.6 Å². The van der Waals surface area contributed by atoms with Gasteiger partial charge in [-0.05, 0) is 47.2 Å². The summed E-state index contributed by atoms with van der Waals surface area (Å²) in [6.07, 6.45) is 0.191. The number of nitrogens with one attached hydrogen (secondary N) is 3. The van der Waals surface area contributed by atoms with E-state index in [9.17, 15) is 20.4 Å². The average molecular weight is 685 g/mol. The first-order valence-electron chi connectivity index (χ1n) is 17.4. The Bertz CT molecular complexity index is 2440. The van der Waals surface area contributed by atoms with Crippen molar-refractivity contribution in [3.05, 3.63) is 196 Å². The first-order chi connectivity index (χ1) is 25.4.